The maximum Gasteiger partial charge on any atom is 0.153 e. The first-order valence-electron chi connectivity index (χ1n) is 4.73. The van der Waals surface area contributed by atoms with E-state index in [1.165, 1.54) is 0 Å². The van der Waals surface area contributed by atoms with Crippen LogP contribution in [0.4, 0.5) is 5.82 Å². The van der Waals surface area contributed by atoms with E-state index >= 15 is 0 Å². The number of hydrogen-bond donors (Lipinski definition) is 2. The molecule has 2 aromatic heterocycles. The van der Waals surface area contributed by atoms with Gasteiger partial charge in [0.1, 0.15) is 5.82 Å². The second kappa shape index (κ2) is 4.10. The molecule has 0 aliphatic carbocycles. The zero-order valence-corrected chi connectivity index (χ0v) is 8.35. The van der Waals surface area contributed by atoms with Gasteiger partial charge < -0.3 is 11.1 Å². The van der Waals surface area contributed by atoms with E-state index in [1.807, 2.05) is 18.3 Å². The highest BCUT2D eigenvalue weighted by Gasteiger charge is 2.01. The van der Waals surface area contributed by atoms with Crippen molar-refractivity contribution in [1.82, 2.24) is 14.6 Å². The molecule has 0 saturated carbocycles. The van der Waals surface area contributed by atoms with Crippen molar-refractivity contribution in [3.05, 3.63) is 36.7 Å². The Morgan fingerprint density at radius 3 is 3.13 bits per heavy atom. The number of nitrogens with one attached hydrogen (secondary N) is 1. The van der Waals surface area contributed by atoms with Crippen LogP contribution in [0.3, 0.4) is 0 Å². The average Bonchev–Trinajstić information content (AvgIpc) is 2.68. The van der Waals surface area contributed by atoms with Crippen LogP contribution in [0.15, 0.2) is 31.0 Å². The van der Waals surface area contributed by atoms with Gasteiger partial charge in [-0.1, -0.05) is 6.08 Å². The maximum atomic E-state index is 5.50. The molecule has 0 aromatic carbocycles. The summed E-state index contributed by atoms with van der Waals surface area (Å²) >= 11 is 0. The third kappa shape index (κ3) is 1.97. The number of imidazole rings is 1. The van der Waals surface area contributed by atoms with Gasteiger partial charge in [0.05, 0.1) is 11.9 Å². The minimum atomic E-state index is 0.429. The van der Waals surface area contributed by atoms with Crippen LogP contribution in [-0.2, 0) is 6.54 Å². The summed E-state index contributed by atoms with van der Waals surface area (Å²) in [5.74, 6) is 0.795. The Morgan fingerprint density at radius 1 is 1.53 bits per heavy atom. The van der Waals surface area contributed by atoms with Gasteiger partial charge in [0.2, 0.25) is 0 Å². The Morgan fingerprint density at radius 2 is 2.40 bits per heavy atom. The maximum absolute atomic E-state index is 5.50. The molecule has 0 radical (unpaired) electrons. The highest BCUT2D eigenvalue weighted by molar-refractivity contribution is 5.45. The number of aromatic nitrogens is 3. The SMILES string of the molecule is C=CCNc1ccc2nc(CN)cn2n1. The molecule has 2 aromatic rings. The molecular formula is C10H13N5. The molecule has 0 bridgehead atoms. The van der Waals surface area contributed by atoms with Crippen LogP contribution in [0.2, 0.25) is 0 Å². The van der Waals surface area contributed by atoms with Crippen molar-refractivity contribution < 1.29 is 0 Å². The minimum absolute atomic E-state index is 0.429. The number of rotatable bonds is 4. The molecule has 0 spiro atoms. The van der Waals surface area contributed by atoms with E-state index in [2.05, 4.69) is 22.0 Å². The van der Waals surface area contributed by atoms with Crippen LogP contribution in [0.25, 0.3) is 5.65 Å². The Kier molecular flexibility index (Phi) is 2.64. The van der Waals surface area contributed by atoms with Gasteiger partial charge in [0.25, 0.3) is 0 Å². The number of anilines is 1. The van der Waals surface area contributed by atoms with E-state index in [-0.39, 0.29) is 0 Å². The van der Waals surface area contributed by atoms with Crippen molar-refractivity contribution in [3.63, 3.8) is 0 Å². The standard InChI is InChI=1S/C10H13N5/c1-2-5-12-9-3-4-10-13-8(6-11)7-15(10)14-9/h2-4,7H,1,5-6,11H2,(H,12,14). The second-order valence-corrected chi connectivity index (χ2v) is 3.13. The van der Waals surface area contributed by atoms with Crippen molar-refractivity contribution in [2.45, 2.75) is 6.54 Å². The molecule has 3 N–H and O–H groups in total. The fourth-order valence-electron chi connectivity index (χ4n) is 1.30. The zero-order chi connectivity index (χ0) is 10.7. The van der Waals surface area contributed by atoms with Crippen molar-refractivity contribution in [1.29, 1.82) is 0 Å². The third-order valence-corrected chi connectivity index (χ3v) is 2.01. The smallest absolute Gasteiger partial charge is 0.153 e. The van der Waals surface area contributed by atoms with E-state index in [4.69, 9.17) is 5.73 Å². The monoisotopic (exact) mass is 203 g/mol. The van der Waals surface area contributed by atoms with Crippen molar-refractivity contribution in [3.8, 4) is 0 Å². The molecule has 5 nitrogen and oxygen atoms in total. The van der Waals surface area contributed by atoms with Crippen LogP contribution in [0.1, 0.15) is 5.69 Å². The quantitative estimate of drug-likeness (QED) is 0.721. The molecule has 0 aliphatic heterocycles. The van der Waals surface area contributed by atoms with Crippen LogP contribution < -0.4 is 11.1 Å². The normalized spacial score (nSPS) is 10.5. The molecule has 78 valence electrons. The summed E-state index contributed by atoms with van der Waals surface area (Å²) < 4.78 is 1.72. The molecule has 0 amide bonds. The van der Waals surface area contributed by atoms with E-state index in [9.17, 15) is 0 Å². The molecular weight excluding hydrogens is 190 g/mol. The second-order valence-electron chi connectivity index (χ2n) is 3.13. The van der Waals surface area contributed by atoms with Crippen LogP contribution in [0.5, 0.6) is 0 Å². The highest BCUT2D eigenvalue weighted by Crippen LogP contribution is 2.07. The predicted molar refractivity (Wildman–Crippen MR) is 59.6 cm³/mol. The van der Waals surface area contributed by atoms with Gasteiger partial charge >= 0.3 is 0 Å². The van der Waals surface area contributed by atoms with Crippen molar-refractivity contribution in [2.24, 2.45) is 5.73 Å². The molecule has 0 saturated heterocycles. The van der Waals surface area contributed by atoms with Crippen LogP contribution in [0, 0.1) is 0 Å². The lowest BCUT2D eigenvalue weighted by Gasteiger charge is -2.01. The van der Waals surface area contributed by atoms with Gasteiger partial charge in [0, 0.05) is 13.1 Å². The summed E-state index contributed by atoms with van der Waals surface area (Å²) in [4.78, 5) is 4.28. The van der Waals surface area contributed by atoms with Crippen LogP contribution >= 0.6 is 0 Å². The number of hydrogen-bond acceptors (Lipinski definition) is 4. The third-order valence-electron chi connectivity index (χ3n) is 2.01. The number of fused-ring (bicyclic) bond motifs is 1. The number of nitrogens with zero attached hydrogens (tertiary/aromatic N) is 3. The van der Waals surface area contributed by atoms with Gasteiger partial charge in [-0.05, 0) is 12.1 Å². The molecule has 15 heavy (non-hydrogen) atoms. The topological polar surface area (TPSA) is 68.2 Å². The molecule has 0 unspecified atom stereocenters. The molecule has 0 fully saturated rings. The van der Waals surface area contributed by atoms with Gasteiger partial charge in [-0.3, -0.25) is 0 Å². The summed E-state index contributed by atoms with van der Waals surface area (Å²) in [6, 6.07) is 3.78. The van der Waals surface area contributed by atoms with E-state index < -0.39 is 0 Å². The fraction of sp³-hybridized carbons (Fsp3) is 0.200. The van der Waals surface area contributed by atoms with E-state index in [0.717, 1.165) is 17.2 Å². The highest BCUT2D eigenvalue weighted by atomic mass is 15.3. The largest absolute Gasteiger partial charge is 0.365 e. The first-order valence-corrected chi connectivity index (χ1v) is 4.73. The first-order chi connectivity index (χ1) is 7.33. The van der Waals surface area contributed by atoms with Crippen LogP contribution in [-0.4, -0.2) is 21.1 Å². The lowest BCUT2D eigenvalue weighted by atomic mass is 10.5. The van der Waals surface area contributed by atoms with Crippen molar-refractivity contribution in [2.75, 3.05) is 11.9 Å². The van der Waals surface area contributed by atoms with Gasteiger partial charge in [-0.25, -0.2) is 9.50 Å². The molecule has 2 heterocycles. The van der Waals surface area contributed by atoms with Crippen molar-refractivity contribution >= 4 is 11.5 Å². The van der Waals surface area contributed by atoms with E-state index in [1.54, 1.807) is 10.6 Å². The Hall–Kier alpha value is -1.88. The number of nitrogens with two attached hydrogens (primary N) is 1. The Bertz CT molecular complexity index is 474. The van der Waals surface area contributed by atoms with Gasteiger partial charge in [-0.2, -0.15) is 0 Å². The summed E-state index contributed by atoms with van der Waals surface area (Å²) in [6.45, 7) is 4.75. The summed E-state index contributed by atoms with van der Waals surface area (Å²) in [5, 5.41) is 7.43. The first kappa shape index (κ1) is 9.67. The predicted octanol–water partition coefficient (Wildman–Crippen LogP) is 0.786. The summed E-state index contributed by atoms with van der Waals surface area (Å²) in [7, 11) is 0. The molecule has 0 aliphatic rings. The fourth-order valence-corrected chi connectivity index (χ4v) is 1.30. The minimum Gasteiger partial charge on any atom is -0.365 e. The van der Waals surface area contributed by atoms with Gasteiger partial charge in [-0.15, -0.1) is 11.7 Å². The Labute approximate surface area is 87.6 Å². The lowest BCUT2D eigenvalue weighted by Crippen LogP contribution is -2.02. The lowest BCUT2D eigenvalue weighted by molar-refractivity contribution is 0.927. The summed E-state index contributed by atoms with van der Waals surface area (Å²) in [5.41, 5.74) is 7.14. The Balaban J connectivity index is 2.32. The van der Waals surface area contributed by atoms with E-state index in [0.29, 0.717) is 13.1 Å². The molecule has 0 atom stereocenters. The molecule has 5 heteroatoms. The molecule has 2 rings (SSSR count). The summed E-state index contributed by atoms with van der Waals surface area (Å²) in [6.07, 6.45) is 3.61. The zero-order valence-electron chi connectivity index (χ0n) is 8.35. The van der Waals surface area contributed by atoms with Gasteiger partial charge in [0.15, 0.2) is 5.65 Å². The average molecular weight is 203 g/mol.